The second kappa shape index (κ2) is 5.49. The van der Waals surface area contributed by atoms with Crippen molar-refractivity contribution in [2.75, 3.05) is 11.1 Å². The molecular formula is C12H9Br2N3O. The highest BCUT2D eigenvalue weighted by Gasteiger charge is 2.09. The molecule has 0 saturated carbocycles. The number of carbonyl (C=O) groups is 1. The van der Waals surface area contributed by atoms with Gasteiger partial charge < -0.3 is 11.1 Å². The molecule has 0 bridgehead atoms. The average molecular weight is 371 g/mol. The van der Waals surface area contributed by atoms with E-state index in [1.807, 2.05) is 0 Å². The largest absolute Gasteiger partial charge is 0.399 e. The van der Waals surface area contributed by atoms with E-state index < -0.39 is 0 Å². The monoisotopic (exact) mass is 369 g/mol. The summed E-state index contributed by atoms with van der Waals surface area (Å²) in [6, 6.07) is 8.56. The third-order valence-electron chi connectivity index (χ3n) is 2.19. The zero-order valence-corrected chi connectivity index (χ0v) is 12.3. The summed E-state index contributed by atoms with van der Waals surface area (Å²) in [5, 5.41) is 2.76. The standard InChI is InChI=1S/C12H9Br2N3O/c13-8-4-7(5-9(15)6-8)12(18)17-10-2-1-3-16-11(10)14/h1-6H,15H2,(H,17,18). The number of pyridine rings is 1. The van der Waals surface area contributed by atoms with Gasteiger partial charge in [0, 0.05) is 21.9 Å². The lowest BCUT2D eigenvalue weighted by molar-refractivity contribution is 0.102. The van der Waals surface area contributed by atoms with Crippen molar-refractivity contribution in [2.24, 2.45) is 0 Å². The Morgan fingerprint density at radius 3 is 2.72 bits per heavy atom. The Labute approximate surface area is 121 Å². The molecule has 1 aromatic heterocycles. The van der Waals surface area contributed by atoms with E-state index in [0.29, 0.717) is 21.5 Å². The fraction of sp³-hybridized carbons (Fsp3) is 0. The van der Waals surface area contributed by atoms with Gasteiger partial charge in [-0.3, -0.25) is 4.79 Å². The maximum atomic E-state index is 12.0. The number of hydrogen-bond acceptors (Lipinski definition) is 3. The van der Waals surface area contributed by atoms with E-state index in [2.05, 4.69) is 42.2 Å². The number of halogens is 2. The van der Waals surface area contributed by atoms with Gasteiger partial charge in [0.2, 0.25) is 0 Å². The average Bonchev–Trinajstić information content (AvgIpc) is 2.31. The first-order valence-electron chi connectivity index (χ1n) is 5.04. The number of benzene rings is 1. The van der Waals surface area contributed by atoms with Gasteiger partial charge in [0.05, 0.1) is 5.69 Å². The molecule has 1 aromatic carbocycles. The van der Waals surface area contributed by atoms with Crippen molar-refractivity contribution in [3.05, 3.63) is 51.2 Å². The molecule has 2 rings (SSSR count). The molecule has 92 valence electrons. The maximum Gasteiger partial charge on any atom is 0.255 e. The normalized spacial score (nSPS) is 10.1. The number of nitrogen functional groups attached to an aromatic ring is 1. The molecule has 0 radical (unpaired) electrons. The molecule has 0 atom stereocenters. The number of rotatable bonds is 2. The van der Waals surface area contributed by atoms with E-state index in [0.717, 1.165) is 4.47 Å². The number of hydrogen-bond donors (Lipinski definition) is 2. The van der Waals surface area contributed by atoms with Gasteiger partial charge >= 0.3 is 0 Å². The second-order valence-corrected chi connectivity index (χ2v) is 5.24. The minimum absolute atomic E-state index is 0.239. The first-order valence-corrected chi connectivity index (χ1v) is 6.63. The van der Waals surface area contributed by atoms with Gasteiger partial charge in [-0.25, -0.2) is 4.98 Å². The van der Waals surface area contributed by atoms with Crippen molar-refractivity contribution in [1.29, 1.82) is 0 Å². The van der Waals surface area contributed by atoms with Gasteiger partial charge in [-0.1, -0.05) is 15.9 Å². The molecule has 18 heavy (non-hydrogen) atoms. The molecule has 1 amide bonds. The number of nitrogens with zero attached hydrogens (tertiary/aromatic N) is 1. The van der Waals surface area contributed by atoms with Gasteiger partial charge in [0.15, 0.2) is 0 Å². The van der Waals surface area contributed by atoms with Crippen molar-refractivity contribution in [1.82, 2.24) is 4.98 Å². The molecule has 1 heterocycles. The van der Waals surface area contributed by atoms with E-state index in [4.69, 9.17) is 5.73 Å². The van der Waals surface area contributed by atoms with E-state index in [9.17, 15) is 4.79 Å². The van der Waals surface area contributed by atoms with E-state index in [-0.39, 0.29) is 5.91 Å². The molecule has 2 aromatic rings. The van der Waals surface area contributed by atoms with Crippen molar-refractivity contribution < 1.29 is 4.79 Å². The van der Waals surface area contributed by atoms with Crippen molar-refractivity contribution in [3.8, 4) is 0 Å². The van der Waals surface area contributed by atoms with Crippen LogP contribution in [0.15, 0.2) is 45.6 Å². The summed E-state index contributed by atoms with van der Waals surface area (Å²) < 4.78 is 1.35. The van der Waals surface area contributed by atoms with Crippen LogP contribution in [-0.4, -0.2) is 10.9 Å². The maximum absolute atomic E-state index is 12.0. The summed E-state index contributed by atoms with van der Waals surface area (Å²) in [7, 11) is 0. The van der Waals surface area contributed by atoms with Crippen LogP contribution >= 0.6 is 31.9 Å². The van der Waals surface area contributed by atoms with Crippen LogP contribution in [0.4, 0.5) is 11.4 Å². The molecular weight excluding hydrogens is 362 g/mol. The highest BCUT2D eigenvalue weighted by molar-refractivity contribution is 9.10. The number of nitrogens with one attached hydrogen (secondary N) is 1. The quantitative estimate of drug-likeness (QED) is 0.628. The minimum Gasteiger partial charge on any atom is -0.399 e. The number of aromatic nitrogens is 1. The lowest BCUT2D eigenvalue weighted by Crippen LogP contribution is -2.13. The SMILES string of the molecule is Nc1cc(Br)cc(C(=O)Nc2cccnc2Br)c1. The van der Waals surface area contributed by atoms with Crippen LogP contribution in [0.5, 0.6) is 0 Å². The fourth-order valence-electron chi connectivity index (χ4n) is 1.42. The zero-order chi connectivity index (χ0) is 13.1. The summed E-state index contributed by atoms with van der Waals surface area (Å²) in [6.07, 6.45) is 1.64. The van der Waals surface area contributed by atoms with Gasteiger partial charge in [-0.05, 0) is 46.3 Å². The summed E-state index contributed by atoms with van der Waals surface area (Å²) in [5.74, 6) is -0.239. The summed E-state index contributed by atoms with van der Waals surface area (Å²) >= 11 is 6.57. The van der Waals surface area contributed by atoms with Crippen molar-refractivity contribution >= 4 is 49.1 Å². The molecule has 6 heteroatoms. The summed E-state index contributed by atoms with van der Waals surface area (Å²) in [4.78, 5) is 16.1. The second-order valence-electron chi connectivity index (χ2n) is 3.57. The third-order valence-corrected chi connectivity index (χ3v) is 3.28. The Balaban J connectivity index is 2.25. The number of amides is 1. The van der Waals surface area contributed by atoms with Crippen LogP contribution in [0.2, 0.25) is 0 Å². The lowest BCUT2D eigenvalue weighted by Gasteiger charge is -2.07. The molecule has 4 nitrogen and oxygen atoms in total. The first kappa shape index (κ1) is 13.0. The predicted octanol–water partition coefficient (Wildman–Crippen LogP) is 3.44. The highest BCUT2D eigenvalue weighted by atomic mass is 79.9. The molecule has 0 aliphatic rings. The van der Waals surface area contributed by atoms with Gasteiger partial charge in [-0.15, -0.1) is 0 Å². The molecule has 0 saturated heterocycles. The summed E-state index contributed by atoms with van der Waals surface area (Å²) in [5.41, 5.74) is 7.31. The topological polar surface area (TPSA) is 68.0 Å². The van der Waals surface area contributed by atoms with Crippen molar-refractivity contribution in [3.63, 3.8) is 0 Å². The van der Waals surface area contributed by atoms with Crippen LogP contribution in [0.1, 0.15) is 10.4 Å². The van der Waals surface area contributed by atoms with Crippen molar-refractivity contribution in [2.45, 2.75) is 0 Å². The Morgan fingerprint density at radius 1 is 1.28 bits per heavy atom. The van der Waals surface area contributed by atoms with Gasteiger partial charge in [0.1, 0.15) is 4.60 Å². The van der Waals surface area contributed by atoms with Crippen LogP contribution < -0.4 is 11.1 Å². The number of nitrogens with two attached hydrogens (primary N) is 1. The van der Waals surface area contributed by atoms with Gasteiger partial charge in [0.25, 0.3) is 5.91 Å². The van der Waals surface area contributed by atoms with Gasteiger partial charge in [-0.2, -0.15) is 0 Å². The molecule has 3 N–H and O–H groups in total. The van der Waals surface area contributed by atoms with Crippen LogP contribution in [0.25, 0.3) is 0 Å². The van der Waals surface area contributed by atoms with E-state index >= 15 is 0 Å². The lowest BCUT2D eigenvalue weighted by atomic mass is 10.2. The Hall–Kier alpha value is -1.40. The molecule has 0 aliphatic carbocycles. The fourth-order valence-corrected chi connectivity index (χ4v) is 2.28. The van der Waals surface area contributed by atoms with Crippen LogP contribution in [0.3, 0.4) is 0 Å². The molecule has 0 aliphatic heterocycles. The molecule has 0 unspecified atom stereocenters. The summed E-state index contributed by atoms with van der Waals surface area (Å²) in [6.45, 7) is 0. The highest BCUT2D eigenvalue weighted by Crippen LogP contribution is 2.21. The molecule has 0 fully saturated rings. The predicted molar refractivity (Wildman–Crippen MR) is 78.4 cm³/mol. The zero-order valence-electron chi connectivity index (χ0n) is 9.15. The van der Waals surface area contributed by atoms with E-state index in [1.54, 1.807) is 36.5 Å². The van der Waals surface area contributed by atoms with Crippen LogP contribution in [0, 0.1) is 0 Å². The Bertz CT molecular complexity index is 581. The third kappa shape index (κ3) is 3.08. The van der Waals surface area contributed by atoms with E-state index in [1.165, 1.54) is 0 Å². The molecule has 0 spiro atoms. The minimum atomic E-state index is -0.239. The van der Waals surface area contributed by atoms with Crippen LogP contribution in [-0.2, 0) is 0 Å². The number of anilines is 2. The number of carbonyl (C=O) groups excluding carboxylic acids is 1. The first-order chi connectivity index (χ1) is 8.56. The smallest absolute Gasteiger partial charge is 0.255 e. The Morgan fingerprint density at radius 2 is 2.06 bits per heavy atom. The Kier molecular flexibility index (Phi) is 3.98.